The average molecular weight is 290 g/mol. The molecule has 21 heavy (non-hydrogen) atoms. The van der Waals surface area contributed by atoms with Crippen LogP contribution in [0.2, 0.25) is 0 Å². The molecular formula is C18H27FN2. The Labute approximate surface area is 127 Å². The number of likely N-dealkylation sites (tertiary alicyclic amines) is 1. The number of fused-ring (bicyclic) bond motifs is 1. The number of benzene rings is 1. The first-order chi connectivity index (χ1) is 10.1. The Hall–Kier alpha value is -0.930. The summed E-state index contributed by atoms with van der Waals surface area (Å²) in [6, 6.07) is 7.68. The molecule has 116 valence electrons. The predicted molar refractivity (Wildman–Crippen MR) is 84.6 cm³/mol. The molecule has 0 amide bonds. The number of hydrogen-bond donors (Lipinski definition) is 1. The second-order valence-corrected chi connectivity index (χ2v) is 7.10. The van der Waals surface area contributed by atoms with Gasteiger partial charge in [0, 0.05) is 18.1 Å². The van der Waals surface area contributed by atoms with Crippen LogP contribution < -0.4 is 5.73 Å². The van der Waals surface area contributed by atoms with Gasteiger partial charge in [-0.05, 0) is 62.8 Å². The lowest BCUT2D eigenvalue weighted by molar-refractivity contribution is 0.0673. The molecular weight excluding hydrogens is 263 g/mol. The summed E-state index contributed by atoms with van der Waals surface area (Å²) in [5, 5.41) is 0. The Morgan fingerprint density at radius 2 is 2.10 bits per heavy atom. The van der Waals surface area contributed by atoms with Crippen LogP contribution in [-0.4, -0.2) is 29.6 Å². The maximum absolute atomic E-state index is 13.4. The molecule has 0 aromatic heterocycles. The number of rotatable bonds is 4. The first-order valence-corrected chi connectivity index (χ1v) is 8.34. The molecule has 1 aliphatic carbocycles. The third kappa shape index (κ3) is 3.00. The van der Waals surface area contributed by atoms with Gasteiger partial charge in [-0.3, -0.25) is 4.90 Å². The molecule has 3 atom stereocenters. The molecule has 3 heteroatoms. The molecule has 1 saturated carbocycles. The number of nitrogens with two attached hydrogens (primary N) is 1. The van der Waals surface area contributed by atoms with Crippen LogP contribution in [0.25, 0.3) is 0 Å². The van der Waals surface area contributed by atoms with Gasteiger partial charge in [0.1, 0.15) is 5.82 Å². The van der Waals surface area contributed by atoms with Crippen LogP contribution in [0.5, 0.6) is 0 Å². The van der Waals surface area contributed by atoms with Gasteiger partial charge in [0.15, 0.2) is 0 Å². The Morgan fingerprint density at radius 3 is 2.86 bits per heavy atom. The van der Waals surface area contributed by atoms with E-state index in [9.17, 15) is 4.39 Å². The minimum absolute atomic E-state index is 0.0510. The average Bonchev–Trinajstić information content (AvgIpc) is 2.92. The fourth-order valence-corrected chi connectivity index (χ4v) is 4.45. The SMILES string of the molecule is CC(CN)(Cc1cccc(F)c1)N1CCC2CCCCC21. The molecule has 0 bridgehead atoms. The third-order valence-electron chi connectivity index (χ3n) is 5.62. The van der Waals surface area contributed by atoms with Crippen molar-refractivity contribution >= 4 is 0 Å². The van der Waals surface area contributed by atoms with Crippen molar-refractivity contribution in [1.82, 2.24) is 4.90 Å². The van der Waals surface area contributed by atoms with Gasteiger partial charge >= 0.3 is 0 Å². The summed E-state index contributed by atoms with van der Waals surface area (Å²) in [5.74, 6) is 0.709. The summed E-state index contributed by atoms with van der Waals surface area (Å²) < 4.78 is 13.4. The smallest absolute Gasteiger partial charge is 0.123 e. The van der Waals surface area contributed by atoms with Crippen molar-refractivity contribution in [2.45, 2.75) is 57.0 Å². The van der Waals surface area contributed by atoms with Gasteiger partial charge in [0.25, 0.3) is 0 Å². The lowest BCUT2D eigenvalue weighted by atomic mass is 9.83. The first kappa shape index (κ1) is 15.0. The van der Waals surface area contributed by atoms with Crippen molar-refractivity contribution in [1.29, 1.82) is 0 Å². The highest BCUT2D eigenvalue weighted by molar-refractivity contribution is 5.20. The van der Waals surface area contributed by atoms with Crippen LogP contribution >= 0.6 is 0 Å². The Bertz CT molecular complexity index is 490. The van der Waals surface area contributed by atoms with E-state index in [4.69, 9.17) is 5.73 Å². The molecule has 2 N–H and O–H groups in total. The van der Waals surface area contributed by atoms with Gasteiger partial charge in [-0.1, -0.05) is 25.0 Å². The molecule has 2 aliphatic rings. The van der Waals surface area contributed by atoms with Gasteiger partial charge in [-0.25, -0.2) is 4.39 Å². The standard InChI is InChI=1S/C18H27FN2/c1-18(13-20,12-14-5-4-7-16(19)11-14)21-10-9-15-6-2-3-8-17(15)21/h4-5,7,11,15,17H,2-3,6,8-10,12-13,20H2,1H3. The maximum Gasteiger partial charge on any atom is 0.123 e. The van der Waals surface area contributed by atoms with Crippen molar-refractivity contribution < 1.29 is 4.39 Å². The second-order valence-electron chi connectivity index (χ2n) is 7.10. The fraction of sp³-hybridized carbons (Fsp3) is 0.667. The molecule has 1 aromatic rings. The quantitative estimate of drug-likeness (QED) is 0.921. The highest BCUT2D eigenvalue weighted by Gasteiger charge is 2.43. The number of halogens is 1. The molecule has 2 fully saturated rings. The highest BCUT2D eigenvalue weighted by Crippen LogP contribution is 2.40. The lowest BCUT2D eigenvalue weighted by Crippen LogP contribution is -2.56. The second kappa shape index (κ2) is 6.05. The van der Waals surface area contributed by atoms with Crippen molar-refractivity contribution in [2.75, 3.05) is 13.1 Å². The van der Waals surface area contributed by atoms with E-state index in [1.165, 1.54) is 38.2 Å². The fourth-order valence-electron chi connectivity index (χ4n) is 4.45. The van der Waals surface area contributed by atoms with E-state index in [0.29, 0.717) is 12.6 Å². The molecule has 0 radical (unpaired) electrons. The van der Waals surface area contributed by atoms with E-state index in [-0.39, 0.29) is 11.4 Å². The van der Waals surface area contributed by atoms with Crippen molar-refractivity contribution in [3.05, 3.63) is 35.6 Å². The topological polar surface area (TPSA) is 29.3 Å². The minimum atomic E-state index is -0.149. The van der Waals surface area contributed by atoms with Crippen LogP contribution in [-0.2, 0) is 6.42 Å². The molecule has 1 aliphatic heterocycles. The zero-order valence-electron chi connectivity index (χ0n) is 13.0. The van der Waals surface area contributed by atoms with Gasteiger partial charge in [-0.15, -0.1) is 0 Å². The highest BCUT2D eigenvalue weighted by atomic mass is 19.1. The monoisotopic (exact) mass is 290 g/mol. The molecule has 1 heterocycles. The van der Waals surface area contributed by atoms with E-state index in [1.54, 1.807) is 12.1 Å². The third-order valence-corrected chi connectivity index (χ3v) is 5.62. The van der Waals surface area contributed by atoms with E-state index in [0.717, 1.165) is 24.4 Å². The Balaban J connectivity index is 1.79. The summed E-state index contributed by atoms with van der Waals surface area (Å²) in [6.45, 7) is 4.04. The van der Waals surface area contributed by atoms with E-state index >= 15 is 0 Å². The minimum Gasteiger partial charge on any atom is -0.329 e. The van der Waals surface area contributed by atoms with Crippen molar-refractivity contribution in [3.63, 3.8) is 0 Å². The van der Waals surface area contributed by atoms with Crippen LogP contribution in [0.4, 0.5) is 4.39 Å². The molecule has 1 saturated heterocycles. The summed E-state index contributed by atoms with van der Waals surface area (Å²) in [7, 11) is 0. The Morgan fingerprint density at radius 1 is 1.29 bits per heavy atom. The van der Waals surface area contributed by atoms with Crippen molar-refractivity contribution in [3.8, 4) is 0 Å². The van der Waals surface area contributed by atoms with Gasteiger partial charge in [0.05, 0.1) is 0 Å². The molecule has 0 spiro atoms. The van der Waals surface area contributed by atoms with Crippen LogP contribution in [0.1, 0.15) is 44.6 Å². The van der Waals surface area contributed by atoms with E-state index < -0.39 is 0 Å². The zero-order valence-corrected chi connectivity index (χ0v) is 13.0. The van der Waals surface area contributed by atoms with E-state index in [2.05, 4.69) is 11.8 Å². The van der Waals surface area contributed by atoms with Gasteiger partial charge in [0.2, 0.25) is 0 Å². The first-order valence-electron chi connectivity index (χ1n) is 8.34. The largest absolute Gasteiger partial charge is 0.329 e. The normalized spacial score (nSPS) is 29.1. The molecule has 3 unspecified atom stereocenters. The van der Waals surface area contributed by atoms with Crippen molar-refractivity contribution in [2.24, 2.45) is 11.7 Å². The van der Waals surface area contributed by atoms with E-state index in [1.807, 2.05) is 6.07 Å². The van der Waals surface area contributed by atoms with Crippen LogP contribution in [0.3, 0.4) is 0 Å². The summed E-state index contributed by atoms with van der Waals surface area (Å²) in [4.78, 5) is 2.64. The summed E-state index contributed by atoms with van der Waals surface area (Å²) in [5.41, 5.74) is 7.17. The molecule has 3 rings (SSSR count). The zero-order chi connectivity index (χ0) is 14.9. The number of nitrogens with zero attached hydrogens (tertiary/aromatic N) is 1. The number of hydrogen-bond acceptors (Lipinski definition) is 2. The van der Waals surface area contributed by atoms with Crippen LogP contribution in [0, 0.1) is 11.7 Å². The van der Waals surface area contributed by atoms with Gasteiger partial charge < -0.3 is 5.73 Å². The summed E-state index contributed by atoms with van der Waals surface area (Å²) in [6.07, 6.45) is 7.57. The van der Waals surface area contributed by atoms with Crippen LogP contribution in [0.15, 0.2) is 24.3 Å². The molecule has 2 nitrogen and oxygen atoms in total. The lowest BCUT2D eigenvalue weighted by Gasteiger charge is -2.44. The summed E-state index contributed by atoms with van der Waals surface area (Å²) >= 11 is 0. The maximum atomic E-state index is 13.4. The molecule has 1 aromatic carbocycles. The van der Waals surface area contributed by atoms with Gasteiger partial charge in [-0.2, -0.15) is 0 Å². The predicted octanol–water partition coefficient (Wildman–Crippen LogP) is 3.35. The Kier molecular flexibility index (Phi) is 4.32.